The molecule has 1 heterocycles. The lowest BCUT2D eigenvalue weighted by Crippen LogP contribution is -1.98. The average Bonchev–Trinajstić information content (AvgIpc) is 2.84. The van der Waals surface area contributed by atoms with E-state index in [4.69, 9.17) is 4.74 Å². The molecule has 0 aliphatic heterocycles. The number of fused-ring (bicyclic) bond motifs is 1. The van der Waals surface area contributed by atoms with E-state index < -0.39 is 6.67 Å². The molecule has 4 heteroatoms. The molecule has 3 rings (SSSR count). The van der Waals surface area contributed by atoms with Gasteiger partial charge in [0.2, 0.25) is 0 Å². The zero-order chi connectivity index (χ0) is 13.9. The summed E-state index contributed by atoms with van der Waals surface area (Å²) in [4.78, 5) is 4.51. The first-order valence-electron chi connectivity index (χ1n) is 6.42. The van der Waals surface area contributed by atoms with Gasteiger partial charge in [-0.25, -0.2) is 9.37 Å². The lowest BCUT2D eigenvalue weighted by atomic mass is 10.1. The summed E-state index contributed by atoms with van der Waals surface area (Å²) < 4.78 is 18.5. The third-order valence-corrected chi connectivity index (χ3v) is 3.98. The van der Waals surface area contributed by atoms with E-state index >= 15 is 0 Å². The molecular weight excluding hydrogens is 273 g/mol. The van der Waals surface area contributed by atoms with Crippen LogP contribution in [0.2, 0.25) is 0 Å². The van der Waals surface area contributed by atoms with Crippen LogP contribution < -0.4 is 4.74 Å². The van der Waals surface area contributed by atoms with Gasteiger partial charge < -0.3 is 4.74 Å². The summed E-state index contributed by atoms with van der Waals surface area (Å²) in [7, 11) is 0. The van der Waals surface area contributed by atoms with Gasteiger partial charge in [-0.1, -0.05) is 18.2 Å². The minimum absolute atomic E-state index is 0.101. The highest BCUT2D eigenvalue weighted by Gasteiger charge is 2.04. The normalized spacial score (nSPS) is 10.9. The molecule has 102 valence electrons. The maximum Gasteiger partial charge on any atom is 0.123 e. The largest absolute Gasteiger partial charge is 0.491 e. The first-order chi connectivity index (χ1) is 9.76. The van der Waals surface area contributed by atoms with Gasteiger partial charge in [0.1, 0.15) is 19.0 Å². The van der Waals surface area contributed by atoms with Crippen LogP contribution in [0.25, 0.3) is 21.3 Å². The lowest BCUT2D eigenvalue weighted by Gasteiger charge is -2.05. The fourth-order valence-electron chi connectivity index (χ4n) is 2.12. The molecule has 0 saturated carbocycles. The highest BCUT2D eigenvalue weighted by molar-refractivity contribution is 7.18. The maximum atomic E-state index is 12.0. The van der Waals surface area contributed by atoms with Crippen molar-refractivity contribution in [2.75, 3.05) is 13.3 Å². The first kappa shape index (κ1) is 13.1. The third kappa shape index (κ3) is 2.65. The van der Waals surface area contributed by atoms with Crippen LogP contribution in [0.3, 0.4) is 0 Å². The number of ether oxygens (including phenoxy) is 1. The number of hydrogen-bond acceptors (Lipinski definition) is 3. The van der Waals surface area contributed by atoms with Crippen molar-refractivity contribution in [3.05, 3.63) is 47.5 Å². The van der Waals surface area contributed by atoms with Gasteiger partial charge in [-0.05, 0) is 42.3 Å². The van der Waals surface area contributed by atoms with Gasteiger partial charge >= 0.3 is 0 Å². The highest BCUT2D eigenvalue weighted by atomic mass is 32.1. The fraction of sp³-hybridized carbons (Fsp3) is 0.188. The van der Waals surface area contributed by atoms with Crippen molar-refractivity contribution in [2.45, 2.75) is 6.92 Å². The van der Waals surface area contributed by atoms with Crippen LogP contribution in [0.5, 0.6) is 5.75 Å². The van der Waals surface area contributed by atoms with Crippen molar-refractivity contribution in [2.24, 2.45) is 0 Å². The summed E-state index contributed by atoms with van der Waals surface area (Å²) in [5.41, 5.74) is 3.26. The van der Waals surface area contributed by atoms with Crippen molar-refractivity contribution >= 4 is 21.6 Å². The van der Waals surface area contributed by atoms with E-state index in [2.05, 4.69) is 23.2 Å². The van der Waals surface area contributed by atoms with Gasteiger partial charge in [0.25, 0.3) is 0 Å². The van der Waals surface area contributed by atoms with Gasteiger partial charge in [-0.3, -0.25) is 0 Å². The minimum Gasteiger partial charge on any atom is -0.491 e. The molecule has 0 fully saturated rings. The van der Waals surface area contributed by atoms with Crippen LogP contribution in [0, 0.1) is 6.92 Å². The summed E-state index contributed by atoms with van der Waals surface area (Å²) in [6.07, 6.45) is 0. The van der Waals surface area contributed by atoms with Gasteiger partial charge in [-0.2, -0.15) is 0 Å². The van der Waals surface area contributed by atoms with E-state index in [1.54, 1.807) is 11.3 Å². The Balaban J connectivity index is 1.89. The SMILES string of the molecule is Cc1nc2cc(-c3ccc(OCCF)cc3)ccc2s1. The zero-order valence-electron chi connectivity index (χ0n) is 11.1. The second-order valence-corrected chi connectivity index (χ2v) is 5.71. The van der Waals surface area contributed by atoms with Crippen LogP contribution in [0.4, 0.5) is 4.39 Å². The molecule has 0 aliphatic rings. The van der Waals surface area contributed by atoms with E-state index in [0.717, 1.165) is 21.7 Å². The van der Waals surface area contributed by atoms with Gasteiger partial charge in [0.05, 0.1) is 15.2 Å². The molecule has 0 spiro atoms. The predicted molar refractivity (Wildman–Crippen MR) is 81.3 cm³/mol. The number of rotatable bonds is 4. The molecule has 2 nitrogen and oxygen atoms in total. The van der Waals surface area contributed by atoms with Crippen molar-refractivity contribution in [1.29, 1.82) is 0 Å². The first-order valence-corrected chi connectivity index (χ1v) is 7.24. The lowest BCUT2D eigenvalue weighted by molar-refractivity contribution is 0.273. The second kappa shape index (κ2) is 5.59. The number of benzene rings is 2. The molecule has 0 unspecified atom stereocenters. The molecule has 20 heavy (non-hydrogen) atoms. The van der Waals surface area contributed by atoms with Gasteiger partial charge in [-0.15, -0.1) is 11.3 Å². The Morgan fingerprint density at radius 2 is 1.85 bits per heavy atom. The van der Waals surface area contributed by atoms with Crippen LogP contribution in [0.1, 0.15) is 5.01 Å². The number of aromatic nitrogens is 1. The predicted octanol–water partition coefficient (Wildman–Crippen LogP) is 4.62. The molecule has 0 aliphatic carbocycles. The molecule has 0 saturated heterocycles. The Kier molecular flexibility index (Phi) is 3.65. The standard InChI is InChI=1S/C16H14FNOS/c1-11-18-15-10-13(4-7-16(15)20-11)12-2-5-14(6-3-12)19-9-8-17/h2-7,10H,8-9H2,1H3. The van der Waals surface area contributed by atoms with E-state index in [-0.39, 0.29) is 6.61 Å². The number of alkyl halides is 1. The van der Waals surface area contributed by atoms with Crippen molar-refractivity contribution in [1.82, 2.24) is 4.98 Å². The molecule has 3 aromatic rings. The number of thiazole rings is 1. The summed E-state index contributed by atoms with van der Waals surface area (Å²) in [5, 5.41) is 1.08. The highest BCUT2D eigenvalue weighted by Crippen LogP contribution is 2.28. The van der Waals surface area contributed by atoms with Crippen LogP contribution in [0.15, 0.2) is 42.5 Å². The molecule has 0 bridgehead atoms. The number of aryl methyl sites for hydroxylation is 1. The summed E-state index contributed by atoms with van der Waals surface area (Å²) in [6.45, 7) is 1.65. The molecule has 2 aromatic carbocycles. The quantitative estimate of drug-likeness (QED) is 0.698. The molecular formula is C16H14FNOS. The Morgan fingerprint density at radius 1 is 1.10 bits per heavy atom. The van der Waals surface area contributed by atoms with Crippen molar-refractivity contribution < 1.29 is 9.13 Å². The van der Waals surface area contributed by atoms with Crippen LogP contribution >= 0.6 is 11.3 Å². The van der Waals surface area contributed by atoms with Crippen LogP contribution in [-0.2, 0) is 0 Å². The van der Waals surface area contributed by atoms with E-state index in [9.17, 15) is 4.39 Å². The van der Waals surface area contributed by atoms with Gasteiger partial charge in [0, 0.05) is 0 Å². The fourth-order valence-corrected chi connectivity index (χ4v) is 2.93. The Bertz CT molecular complexity index is 721. The third-order valence-electron chi connectivity index (χ3n) is 3.03. The molecule has 0 amide bonds. The van der Waals surface area contributed by atoms with Gasteiger partial charge in [0.15, 0.2) is 0 Å². The smallest absolute Gasteiger partial charge is 0.123 e. The molecule has 0 radical (unpaired) electrons. The van der Waals surface area contributed by atoms with Crippen molar-refractivity contribution in [3.8, 4) is 16.9 Å². The Morgan fingerprint density at radius 3 is 2.60 bits per heavy atom. The minimum atomic E-state index is -0.471. The monoisotopic (exact) mass is 287 g/mol. The Hall–Kier alpha value is -1.94. The molecule has 1 aromatic heterocycles. The maximum absolute atomic E-state index is 12.0. The average molecular weight is 287 g/mol. The molecule has 0 atom stereocenters. The second-order valence-electron chi connectivity index (χ2n) is 4.48. The van der Waals surface area contributed by atoms with Crippen LogP contribution in [-0.4, -0.2) is 18.3 Å². The number of nitrogens with zero attached hydrogens (tertiary/aromatic N) is 1. The zero-order valence-corrected chi connectivity index (χ0v) is 11.9. The topological polar surface area (TPSA) is 22.1 Å². The van der Waals surface area contributed by atoms with E-state index in [1.807, 2.05) is 31.2 Å². The molecule has 0 N–H and O–H groups in total. The summed E-state index contributed by atoms with van der Waals surface area (Å²) in [5.74, 6) is 0.692. The number of hydrogen-bond donors (Lipinski definition) is 0. The number of halogens is 1. The summed E-state index contributed by atoms with van der Waals surface area (Å²) >= 11 is 1.70. The Labute approximate surface area is 120 Å². The van der Waals surface area contributed by atoms with E-state index in [0.29, 0.717) is 5.75 Å². The van der Waals surface area contributed by atoms with E-state index in [1.165, 1.54) is 4.70 Å². The summed E-state index contributed by atoms with van der Waals surface area (Å²) in [6, 6.07) is 14.0. The van der Waals surface area contributed by atoms with Crippen molar-refractivity contribution in [3.63, 3.8) is 0 Å².